The molecule has 0 spiro atoms. The predicted octanol–water partition coefficient (Wildman–Crippen LogP) is 3.04. The number of carboxylic acids is 2. The first-order chi connectivity index (χ1) is 18.6. The second-order valence-electron chi connectivity index (χ2n) is 8.76. The third-order valence-corrected chi connectivity index (χ3v) is 5.61. The van der Waals surface area contributed by atoms with Gasteiger partial charge in [0.15, 0.2) is 0 Å². The van der Waals surface area contributed by atoms with Gasteiger partial charge in [-0.2, -0.15) is 26.3 Å². The van der Waals surface area contributed by atoms with E-state index in [1.807, 2.05) is 30.5 Å². The van der Waals surface area contributed by atoms with Crippen LogP contribution in [0.25, 0.3) is 0 Å². The van der Waals surface area contributed by atoms with Crippen LogP contribution in [0.5, 0.6) is 0 Å². The summed E-state index contributed by atoms with van der Waals surface area (Å²) in [5.41, 5.74) is 2.11. The fourth-order valence-corrected chi connectivity index (χ4v) is 3.93. The zero-order valence-electron chi connectivity index (χ0n) is 20.7. The molecule has 3 atom stereocenters. The molecule has 0 unspecified atom stereocenters. The Morgan fingerprint density at radius 3 is 2.12 bits per heavy atom. The van der Waals surface area contributed by atoms with Gasteiger partial charge in [0, 0.05) is 44.1 Å². The molecule has 0 aliphatic carbocycles. The van der Waals surface area contributed by atoms with E-state index in [0.29, 0.717) is 18.9 Å². The molecule has 2 aliphatic heterocycles. The number of carbonyl (C=O) groups is 3. The van der Waals surface area contributed by atoms with Crippen molar-refractivity contribution >= 4 is 17.8 Å². The van der Waals surface area contributed by atoms with Crippen LogP contribution in [-0.4, -0.2) is 80.6 Å². The number of alkyl halides is 6. The van der Waals surface area contributed by atoms with Gasteiger partial charge in [0.1, 0.15) is 0 Å². The van der Waals surface area contributed by atoms with Crippen molar-refractivity contribution in [3.63, 3.8) is 0 Å². The minimum Gasteiger partial charge on any atom is -0.475 e. The number of rotatable bonds is 6. The minimum atomic E-state index is -5.08. The largest absolute Gasteiger partial charge is 0.490 e. The first kappa shape index (κ1) is 32.4. The van der Waals surface area contributed by atoms with Crippen LogP contribution in [0.2, 0.25) is 0 Å². The number of ether oxygens (including phenoxy) is 1. The van der Waals surface area contributed by atoms with E-state index in [4.69, 9.17) is 24.5 Å². The lowest BCUT2D eigenvalue weighted by molar-refractivity contribution is -0.193. The number of nitrogens with one attached hydrogen (secondary N) is 1. The van der Waals surface area contributed by atoms with Gasteiger partial charge in [0.2, 0.25) is 5.91 Å². The summed E-state index contributed by atoms with van der Waals surface area (Å²) in [5.74, 6) is -4.95. The Morgan fingerprint density at radius 2 is 1.62 bits per heavy atom. The van der Waals surface area contributed by atoms with Gasteiger partial charge in [-0.15, -0.1) is 0 Å². The number of amides is 1. The normalized spacial score (nSPS) is 20.3. The third-order valence-electron chi connectivity index (χ3n) is 5.61. The highest BCUT2D eigenvalue weighted by Gasteiger charge is 2.42. The van der Waals surface area contributed by atoms with Gasteiger partial charge in [-0.05, 0) is 30.2 Å². The molecule has 1 amide bonds. The second kappa shape index (κ2) is 14.6. The van der Waals surface area contributed by atoms with E-state index < -0.39 is 24.3 Å². The van der Waals surface area contributed by atoms with E-state index in [1.165, 1.54) is 5.56 Å². The number of carbonyl (C=O) groups excluding carboxylic acids is 1. The standard InChI is InChI=1S/C20H24N4O2.2C2HF3O2/c25-20(23-11-17-5-1-2-7-22-17)9-18-8-16-13-24(14-19(16)26-18)12-15-4-3-6-21-10-15;2*3-2(4,5)1(6)7/h1-7,10,16,18-19H,8-9,11-14H2,(H,23,25);2*(H,6,7)/t16-,18-,19+;;/m0../s1. The average Bonchev–Trinajstić information content (AvgIpc) is 3.41. The highest BCUT2D eigenvalue weighted by molar-refractivity contribution is 5.76. The van der Waals surface area contributed by atoms with Gasteiger partial charge >= 0.3 is 24.3 Å². The number of aromatic nitrogens is 2. The summed E-state index contributed by atoms with van der Waals surface area (Å²) in [4.78, 5) is 40.8. The van der Waals surface area contributed by atoms with Crippen LogP contribution in [-0.2, 0) is 32.2 Å². The Labute approximate surface area is 224 Å². The molecule has 10 nitrogen and oxygen atoms in total. The van der Waals surface area contributed by atoms with E-state index in [-0.39, 0.29) is 18.1 Å². The highest BCUT2D eigenvalue weighted by Crippen LogP contribution is 2.34. The molecule has 2 aromatic rings. The number of pyridine rings is 2. The van der Waals surface area contributed by atoms with Gasteiger partial charge in [0.05, 0.1) is 30.9 Å². The summed E-state index contributed by atoms with van der Waals surface area (Å²) in [7, 11) is 0. The molecule has 16 heteroatoms. The molecule has 0 saturated carbocycles. The molecule has 220 valence electrons. The highest BCUT2D eigenvalue weighted by atomic mass is 19.4. The third kappa shape index (κ3) is 11.5. The summed E-state index contributed by atoms with van der Waals surface area (Å²) in [6, 6.07) is 9.79. The first-order valence-corrected chi connectivity index (χ1v) is 11.7. The quantitative estimate of drug-likeness (QED) is 0.440. The number of aliphatic carboxylic acids is 2. The van der Waals surface area contributed by atoms with Crippen LogP contribution in [0, 0.1) is 5.92 Å². The number of carboxylic acid groups (broad SMARTS) is 2. The molecule has 2 saturated heterocycles. The van der Waals surface area contributed by atoms with Gasteiger partial charge < -0.3 is 20.3 Å². The Bertz CT molecular complexity index is 1070. The SMILES string of the molecule is O=C(C[C@@H]1C[C@H]2CN(Cc3cccnc3)C[C@H]2O1)NCc1ccccn1.O=C(O)C(F)(F)F.O=C(O)C(F)(F)F. The van der Waals surface area contributed by atoms with Crippen molar-refractivity contribution in [1.82, 2.24) is 20.2 Å². The number of hydrogen-bond donors (Lipinski definition) is 3. The van der Waals surface area contributed by atoms with Crippen LogP contribution < -0.4 is 5.32 Å². The molecule has 40 heavy (non-hydrogen) atoms. The van der Waals surface area contributed by atoms with Gasteiger partial charge in [0.25, 0.3) is 0 Å². The zero-order valence-corrected chi connectivity index (χ0v) is 20.7. The summed E-state index contributed by atoms with van der Waals surface area (Å²) in [6.07, 6.45) is -3.03. The molecule has 0 aromatic carbocycles. The Kier molecular flexibility index (Phi) is 11.8. The van der Waals surface area contributed by atoms with Crippen molar-refractivity contribution in [2.24, 2.45) is 5.92 Å². The summed E-state index contributed by atoms with van der Waals surface area (Å²) >= 11 is 0. The van der Waals surface area contributed by atoms with E-state index >= 15 is 0 Å². The minimum absolute atomic E-state index is 0.0350. The maximum absolute atomic E-state index is 12.2. The molecule has 2 fully saturated rings. The summed E-state index contributed by atoms with van der Waals surface area (Å²) in [5, 5.41) is 17.2. The van der Waals surface area contributed by atoms with Crippen molar-refractivity contribution < 1.29 is 55.7 Å². The number of nitrogens with zero attached hydrogens (tertiary/aromatic N) is 3. The smallest absolute Gasteiger partial charge is 0.475 e. The fraction of sp³-hybridized carbons (Fsp3) is 0.458. The van der Waals surface area contributed by atoms with Crippen molar-refractivity contribution in [2.45, 2.75) is 50.5 Å². The molecular weight excluding hydrogens is 554 g/mol. The summed E-state index contributed by atoms with van der Waals surface area (Å²) in [6.45, 7) is 3.36. The topological polar surface area (TPSA) is 142 Å². The predicted molar refractivity (Wildman–Crippen MR) is 124 cm³/mol. The second-order valence-corrected chi connectivity index (χ2v) is 8.76. The van der Waals surface area contributed by atoms with E-state index in [9.17, 15) is 31.1 Å². The van der Waals surface area contributed by atoms with E-state index in [0.717, 1.165) is 31.7 Å². The lowest BCUT2D eigenvalue weighted by Crippen LogP contribution is -2.29. The van der Waals surface area contributed by atoms with Crippen LogP contribution in [0.1, 0.15) is 24.1 Å². The molecule has 2 aromatic heterocycles. The van der Waals surface area contributed by atoms with Crippen LogP contribution in [0.15, 0.2) is 48.9 Å². The lowest BCUT2D eigenvalue weighted by atomic mass is 10.0. The van der Waals surface area contributed by atoms with E-state index in [1.54, 1.807) is 12.4 Å². The number of hydrogen-bond acceptors (Lipinski definition) is 7. The molecule has 4 heterocycles. The van der Waals surface area contributed by atoms with Crippen molar-refractivity contribution in [3.8, 4) is 0 Å². The first-order valence-electron chi connectivity index (χ1n) is 11.7. The number of halogens is 6. The van der Waals surface area contributed by atoms with Crippen molar-refractivity contribution in [1.29, 1.82) is 0 Å². The molecule has 0 bridgehead atoms. The molecule has 0 radical (unpaired) electrons. The van der Waals surface area contributed by atoms with Crippen LogP contribution in [0.4, 0.5) is 26.3 Å². The van der Waals surface area contributed by atoms with Crippen molar-refractivity contribution in [3.05, 3.63) is 60.2 Å². The average molecular weight is 580 g/mol. The van der Waals surface area contributed by atoms with Crippen LogP contribution >= 0.6 is 0 Å². The van der Waals surface area contributed by atoms with E-state index in [2.05, 4.69) is 26.3 Å². The molecular formula is C24H26F6N4O6. The van der Waals surface area contributed by atoms with Gasteiger partial charge in [-0.3, -0.25) is 19.7 Å². The number of fused-ring (bicyclic) bond motifs is 1. The number of likely N-dealkylation sites (tertiary alicyclic amines) is 1. The molecule has 2 aliphatic rings. The van der Waals surface area contributed by atoms with Gasteiger partial charge in [-0.1, -0.05) is 12.1 Å². The maximum Gasteiger partial charge on any atom is 0.490 e. The molecule has 3 N–H and O–H groups in total. The monoisotopic (exact) mass is 580 g/mol. The lowest BCUT2D eigenvalue weighted by Gasteiger charge is -2.19. The van der Waals surface area contributed by atoms with Gasteiger partial charge in [-0.25, -0.2) is 9.59 Å². The summed E-state index contributed by atoms with van der Waals surface area (Å²) < 4.78 is 69.6. The fourth-order valence-electron chi connectivity index (χ4n) is 3.93. The Hall–Kier alpha value is -3.79. The Morgan fingerprint density at radius 1 is 0.975 bits per heavy atom. The Balaban J connectivity index is 0.000000333. The molecule has 4 rings (SSSR count). The van der Waals surface area contributed by atoms with Crippen molar-refractivity contribution in [2.75, 3.05) is 13.1 Å². The maximum atomic E-state index is 12.2. The van der Waals surface area contributed by atoms with Crippen LogP contribution in [0.3, 0.4) is 0 Å². The zero-order chi connectivity index (χ0) is 29.9.